The van der Waals surface area contributed by atoms with Crippen molar-refractivity contribution in [2.45, 2.75) is 26.7 Å². The molecule has 18 heavy (non-hydrogen) atoms. The zero-order valence-electron chi connectivity index (χ0n) is 11.4. The van der Waals surface area contributed by atoms with E-state index in [0.717, 1.165) is 0 Å². The standard InChI is InChI=1S/C12H22N2O4/c1-8(6-11(16)17)5-10(15)14(4)7-9(2)12(18)13-3/h8-9H,5-7H2,1-4H3,(H,13,18)(H,16,17). The van der Waals surface area contributed by atoms with Crippen molar-refractivity contribution in [3.8, 4) is 0 Å². The van der Waals surface area contributed by atoms with Crippen LogP contribution in [0.15, 0.2) is 0 Å². The van der Waals surface area contributed by atoms with E-state index in [4.69, 9.17) is 5.11 Å². The summed E-state index contributed by atoms with van der Waals surface area (Å²) in [5.41, 5.74) is 0. The molecular formula is C12H22N2O4. The van der Waals surface area contributed by atoms with Gasteiger partial charge >= 0.3 is 5.97 Å². The molecule has 0 aliphatic rings. The lowest BCUT2D eigenvalue weighted by molar-refractivity contribution is -0.138. The zero-order valence-corrected chi connectivity index (χ0v) is 11.4. The summed E-state index contributed by atoms with van der Waals surface area (Å²) in [5.74, 6) is -1.64. The van der Waals surface area contributed by atoms with Crippen molar-refractivity contribution in [1.82, 2.24) is 10.2 Å². The summed E-state index contributed by atoms with van der Waals surface area (Å²) in [4.78, 5) is 35.1. The highest BCUT2D eigenvalue weighted by atomic mass is 16.4. The Bertz CT molecular complexity index is 317. The van der Waals surface area contributed by atoms with Crippen molar-refractivity contribution in [1.29, 1.82) is 0 Å². The molecule has 2 unspecified atom stereocenters. The van der Waals surface area contributed by atoms with E-state index >= 15 is 0 Å². The highest BCUT2D eigenvalue weighted by Crippen LogP contribution is 2.10. The first kappa shape index (κ1) is 16.4. The van der Waals surface area contributed by atoms with E-state index in [2.05, 4.69) is 5.32 Å². The largest absolute Gasteiger partial charge is 0.481 e. The van der Waals surface area contributed by atoms with Crippen LogP contribution in [-0.2, 0) is 14.4 Å². The molecule has 6 nitrogen and oxygen atoms in total. The average molecular weight is 258 g/mol. The molecule has 0 spiro atoms. The number of amides is 2. The van der Waals surface area contributed by atoms with Gasteiger partial charge in [0.05, 0.1) is 5.92 Å². The van der Waals surface area contributed by atoms with Gasteiger partial charge in [0.1, 0.15) is 0 Å². The minimum Gasteiger partial charge on any atom is -0.481 e. The Morgan fingerprint density at radius 3 is 2.22 bits per heavy atom. The predicted octanol–water partition coefficient (Wildman–Crippen LogP) is 0.328. The van der Waals surface area contributed by atoms with Gasteiger partial charge in [0.2, 0.25) is 11.8 Å². The molecular weight excluding hydrogens is 236 g/mol. The summed E-state index contributed by atoms with van der Waals surface area (Å²) in [6.45, 7) is 3.80. The van der Waals surface area contributed by atoms with E-state index in [1.54, 1.807) is 27.9 Å². The maximum Gasteiger partial charge on any atom is 0.303 e. The molecule has 0 rings (SSSR count). The third-order valence-electron chi connectivity index (χ3n) is 2.71. The van der Waals surface area contributed by atoms with Crippen LogP contribution in [0.1, 0.15) is 26.7 Å². The molecule has 104 valence electrons. The van der Waals surface area contributed by atoms with Gasteiger partial charge in [0, 0.05) is 33.5 Å². The lowest BCUT2D eigenvalue weighted by Crippen LogP contribution is -2.37. The van der Waals surface area contributed by atoms with Crippen LogP contribution < -0.4 is 5.32 Å². The lowest BCUT2D eigenvalue weighted by Gasteiger charge is -2.22. The Kier molecular flexibility index (Phi) is 7.00. The molecule has 0 aliphatic heterocycles. The Morgan fingerprint density at radius 2 is 1.78 bits per heavy atom. The van der Waals surface area contributed by atoms with Crippen LogP contribution in [0.25, 0.3) is 0 Å². The topological polar surface area (TPSA) is 86.7 Å². The number of carbonyl (C=O) groups is 3. The number of nitrogens with zero attached hydrogens (tertiary/aromatic N) is 1. The average Bonchev–Trinajstić information content (AvgIpc) is 2.26. The summed E-state index contributed by atoms with van der Waals surface area (Å²) >= 11 is 0. The molecule has 0 aromatic heterocycles. The molecule has 0 saturated heterocycles. The first-order chi connectivity index (χ1) is 8.27. The number of nitrogens with one attached hydrogen (secondary N) is 1. The van der Waals surface area contributed by atoms with E-state index in [1.807, 2.05) is 0 Å². The van der Waals surface area contributed by atoms with E-state index in [-0.39, 0.29) is 36.5 Å². The molecule has 0 aliphatic carbocycles. The van der Waals surface area contributed by atoms with Gasteiger partial charge in [-0.1, -0.05) is 13.8 Å². The SMILES string of the molecule is CNC(=O)C(C)CN(C)C(=O)CC(C)CC(=O)O. The van der Waals surface area contributed by atoms with Gasteiger partial charge in [0.15, 0.2) is 0 Å². The fourth-order valence-corrected chi connectivity index (χ4v) is 1.67. The number of aliphatic carboxylic acids is 1. The third-order valence-corrected chi connectivity index (χ3v) is 2.71. The van der Waals surface area contributed by atoms with Crippen molar-refractivity contribution in [2.75, 3.05) is 20.6 Å². The monoisotopic (exact) mass is 258 g/mol. The van der Waals surface area contributed by atoms with Crippen LogP contribution in [0.5, 0.6) is 0 Å². The van der Waals surface area contributed by atoms with Crippen LogP contribution in [0, 0.1) is 11.8 Å². The van der Waals surface area contributed by atoms with Crippen molar-refractivity contribution in [3.63, 3.8) is 0 Å². The number of hydrogen-bond donors (Lipinski definition) is 2. The van der Waals surface area contributed by atoms with Gasteiger partial charge in [-0.3, -0.25) is 14.4 Å². The molecule has 0 aromatic rings. The Labute approximate surface area is 107 Å². The second kappa shape index (κ2) is 7.68. The first-order valence-electron chi connectivity index (χ1n) is 5.95. The minimum absolute atomic E-state index is 0.0232. The van der Waals surface area contributed by atoms with Crippen molar-refractivity contribution < 1.29 is 19.5 Å². The second-order valence-electron chi connectivity index (χ2n) is 4.70. The van der Waals surface area contributed by atoms with Crippen molar-refractivity contribution >= 4 is 17.8 Å². The molecule has 0 radical (unpaired) electrons. The van der Waals surface area contributed by atoms with Crippen LogP contribution in [0.4, 0.5) is 0 Å². The molecule has 0 heterocycles. The van der Waals surface area contributed by atoms with E-state index in [0.29, 0.717) is 6.54 Å². The van der Waals surface area contributed by atoms with Crippen molar-refractivity contribution in [2.24, 2.45) is 11.8 Å². The summed E-state index contributed by atoms with van der Waals surface area (Å²) in [7, 11) is 3.17. The summed E-state index contributed by atoms with van der Waals surface area (Å²) in [5, 5.41) is 11.1. The number of carboxylic acid groups (broad SMARTS) is 1. The highest BCUT2D eigenvalue weighted by Gasteiger charge is 2.19. The number of hydrogen-bond acceptors (Lipinski definition) is 3. The number of carbonyl (C=O) groups excluding carboxylic acids is 2. The smallest absolute Gasteiger partial charge is 0.303 e. The molecule has 0 aromatic carbocycles. The molecule has 2 N–H and O–H groups in total. The quantitative estimate of drug-likeness (QED) is 0.689. The third kappa shape index (κ3) is 6.22. The molecule has 0 fully saturated rings. The molecule has 0 saturated carbocycles. The fraction of sp³-hybridized carbons (Fsp3) is 0.750. The van der Waals surface area contributed by atoms with Crippen LogP contribution in [0.2, 0.25) is 0 Å². The number of rotatable bonds is 7. The molecule has 0 bridgehead atoms. The van der Waals surface area contributed by atoms with Gasteiger partial charge in [-0.15, -0.1) is 0 Å². The maximum atomic E-state index is 11.8. The Hall–Kier alpha value is -1.59. The molecule has 2 atom stereocenters. The van der Waals surface area contributed by atoms with Crippen LogP contribution in [0.3, 0.4) is 0 Å². The van der Waals surface area contributed by atoms with Gasteiger partial charge in [-0.25, -0.2) is 0 Å². The van der Waals surface area contributed by atoms with E-state index in [1.165, 1.54) is 4.90 Å². The van der Waals surface area contributed by atoms with Gasteiger partial charge in [0.25, 0.3) is 0 Å². The molecule has 2 amide bonds. The summed E-state index contributed by atoms with van der Waals surface area (Å²) in [6, 6.07) is 0. The second-order valence-corrected chi connectivity index (χ2v) is 4.70. The normalized spacial score (nSPS) is 13.6. The van der Waals surface area contributed by atoms with Gasteiger partial charge in [-0.05, 0) is 5.92 Å². The van der Waals surface area contributed by atoms with Crippen molar-refractivity contribution in [3.05, 3.63) is 0 Å². The maximum absolute atomic E-state index is 11.8. The predicted molar refractivity (Wildman–Crippen MR) is 66.9 cm³/mol. The van der Waals surface area contributed by atoms with Gasteiger partial charge in [-0.2, -0.15) is 0 Å². The number of carboxylic acids is 1. The van der Waals surface area contributed by atoms with E-state index in [9.17, 15) is 14.4 Å². The Balaban J connectivity index is 4.18. The zero-order chi connectivity index (χ0) is 14.3. The van der Waals surface area contributed by atoms with E-state index < -0.39 is 5.97 Å². The van der Waals surface area contributed by atoms with Gasteiger partial charge < -0.3 is 15.3 Å². The van der Waals surface area contributed by atoms with Crippen LogP contribution in [-0.4, -0.2) is 48.4 Å². The summed E-state index contributed by atoms with van der Waals surface area (Å²) < 4.78 is 0. The summed E-state index contributed by atoms with van der Waals surface area (Å²) in [6.07, 6.45) is 0.161. The highest BCUT2D eigenvalue weighted by molar-refractivity contribution is 5.80. The molecule has 6 heteroatoms. The van der Waals surface area contributed by atoms with Crippen LogP contribution >= 0.6 is 0 Å². The Morgan fingerprint density at radius 1 is 1.22 bits per heavy atom. The first-order valence-corrected chi connectivity index (χ1v) is 5.95. The lowest BCUT2D eigenvalue weighted by atomic mass is 10.0. The minimum atomic E-state index is -0.906. The fourth-order valence-electron chi connectivity index (χ4n) is 1.67.